The molecule has 0 amide bonds. The Hall–Kier alpha value is -1.19. The molecule has 0 bridgehead atoms. The van der Waals surface area contributed by atoms with Crippen LogP contribution in [0.25, 0.3) is 0 Å². The number of benzene rings is 1. The molecule has 2 fully saturated rings. The van der Waals surface area contributed by atoms with Crippen molar-refractivity contribution in [2.45, 2.75) is 50.1 Å². The molecule has 0 aromatic heterocycles. The van der Waals surface area contributed by atoms with Crippen molar-refractivity contribution < 1.29 is 4.79 Å². The number of nitrogens with two attached hydrogens (primary N) is 1. The first-order valence-electron chi connectivity index (χ1n) is 7.77. The Labute approximate surface area is 121 Å². The monoisotopic (exact) mass is 272 g/mol. The zero-order valence-electron chi connectivity index (χ0n) is 12.1. The van der Waals surface area contributed by atoms with Crippen LogP contribution in [-0.2, 0) is 10.3 Å². The van der Waals surface area contributed by atoms with Gasteiger partial charge >= 0.3 is 0 Å². The summed E-state index contributed by atoms with van der Waals surface area (Å²) < 4.78 is 0. The molecule has 1 aliphatic heterocycles. The van der Waals surface area contributed by atoms with Crippen LogP contribution in [0.2, 0.25) is 0 Å². The number of carbonyl (C=O) groups excluding carboxylic acids is 1. The van der Waals surface area contributed by atoms with Crippen LogP contribution in [0.5, 0.6) is 0 Å². The highest BCUT2D eigenvalue weighted by atomic mass is 16.1. The van der Waals surface area contributed by atoms with Gasteiger partial charge in [0.25, 0.3) is 0 Å². The molecule has 1 heterocycles. The Morgan fingerprint density at radius 2 is 1.65 bits per heavy atom. The molecular formula is C17H24N2O. The van der Waals surface area contributed by atoms with Crippen molar-refractivity contribution in [3.05, 3.63) is 35.9 Å². The van der Waals surface area contributed by atoms with Gasteiger partial charge in [-0.05, 0) is 31.2 Å². The Morgan fingerprint density at radius 1 is 1.05 bits per heavy atom. The van der Waals surface area contributed by atoms with Crippen molar-refractivity contribution >= 4 is 5.78 Å². The van der Waals surface area contributed by atoms with Crippen molar-refractivity contribution in [1.82, 2.24) is 4.90 Å². The molecule has 108 valence electrons. The summed E-state index contributed by atoms with van der Waals surface area (Å²) >= 11 is 0. The minimum atomic E-state index is -0.149. The van der Waals surface area contributed by atoms with Crippen LogP contribution in [0.15, 0.2) is 30.3 Å². The first kappa shape index (κ1) is 13.8. The van der Waals surface area contributed by atoms with Crippen LogP contribution in [0.4, 0.5) is 0 Å². The molecule has 1 aliphatic carbocycles. The highest BCUT2D eigenvalue weighted by Gasteiger charge is 2.35. The maximum absolute atomic E-state index is 11.3. The van der Waals surface area contributed by atoms with Crippen molar-refractivity contribution in [2.24, 2.45) is 5.73 Å². The minimum absolute atomic E-state index is 0.149. The number of nitrogens with zero attached hydrogens (tertiary/aromatic N) is 1. The van der Waals surface area contributed by atoms with Crippen LogP contribution < -0.4 is 5.73 Å². The molecule has 3 heteroatoms. The quantitative estimate of drug-likeness (QED) is 0.899. The first-order valence-corrected chi connectivity index (χ1v) is 7.77. The fraction of sp³-hybridized carbons (Fsp3) is 0.588. The number of likely N-dealkylation sites (tertiary alicyclic amines) is 1. The lowest BCUT2D eigenvalue weighted by atomic mass is 9.75. The van der Waals surface area contributed by atoms with Crippen LogP contribution in [0, 0.1) is 0 Å². The average Bonchev–Trinajstić information content (AvgIpc) is 2.50. The molecule has 1 aromatic rings. The Bertz CT molecular complexity index is 453. The Kier molecular flexibility index (Phi) is 3.90. The lowest BCUT2D eigenvalue weighted by Crippen LogP contribution is -2.48. The SMILES string of the molecule is NC1(c2ccccc2)CCC(N2CCC(=O)CC2)CC1. The number of piperidine rings is 1. The molecule has 0 spiro atoms. The van der Waals surface area contributed by atoms with Crippen LogP contribution in [0.3, 0.4) is 0 Å². The second-order valence-electron chi connectivity index (χ2n) is 6.33. The Balaban J connectivity index is 1.60. The van der Waals surface area contributed by atoms with Gasteiger partial charge in [0.2, 0.25) is 0 Å². The van der Waals surface area contributed by atoms with Crippen molar-refractivity contribution in [3.63, 3.8) is 0 Å². The second kappa shape index (κ2) is 5.66. The molecule has 1 saturated heterocycles. The van der Waals surface area contributed by atoms with E-state index in [1.165, 1.54) is 5.56 Å². The van der Waals surface area contributed by atoms with E-state index in [1.807, 2.05) is 6.07 Å². The van der Waals surface area contributed by atoms with E-state index < -0.39 is 0 Å². The number of carbonyl (C=O) groups is 1. The second-order valence-corrected chi connectivity index (χ2v) is 6.33. The van der Waals surface area contributed by atoms with E-state index in [-0.39, 0.29) is 5.54 Å². The van der Waals surface area contributed by atoms with Gasteiger partial charge in [-0.25, -0.2) is 0 Å². The number of hydrogen-bond donors (Lipinski definition) is 1. The predicted molar refractivity (Wildman–Crippen MR) is 80.4 cm³/mol. The number of ketones is 1. The molecule has 0 radical (unpaired) electrons. The van der Waals surface area contributed by atoms with Gasteiger partial charge in [-0.1, -0.05) is 30.3 Å². The first-order chi connectivity index (χ1) is 9.67. The van der Waals surface area contributed by atoms with E-state index in [0.29, 0.717) is 11.8 Å². The van der Waals surface area contributed by atoms with E-state index in [0.717, 1.165) is 51.6 Å². The summed E-state index contributed by atoms with van der Waals surface area (Å²) in [6.07, 6.45) is 5.88. The molecule has 1 saturated carbocycles. The summed E-state index contributed by atoms with van der Waals surface area (Å²) in [6.45, 7) is 1.90. The summed E-state index contributed by atoms with van der Waals surface area (Å²) in [4.78, 5) is 13.8. The molecule has 1 aromatic carbocycles. The van der Waals surface area contributed by atoms with Gasteiger partial charge in [0, 0.05) is 37.5 Å². The average molecular weight is 272 g/mol. The third-order valence-corrected chi connectivity index (χ3v) is 5.07. The van der Waals surface area contributed by atoms with Gasteiger partial charge in [-0.2, -0.15) is 0 Å². The van der Waals surface area contributed by atoms with Crippen LogP contribution in [-0.4, -0.2) is 29.8 Å². The maximum atomic E-state index is 11.3. The normalized spacial score (nSPS) is 32.2. The van der Waals surface area contributed by atoms with Crippen LogP contribution in [0.1, 0.15) is 44.1 Å². The van der Waals surface area contributed by atoms with Crippen molar-refractivity contribution in [2.75, 3.05) is 13.1 Å². The molecule has 20 heavy (non-hydrogen) atoms. The predicted octanol–water partition coefficient (Wildman–Crippen LogP) is 2.45. The third kappa shape index (κ3) is 2.79. The van der Waals surface area contributed by atoms with Gasteiger partial charge in [-0.3, -0.25) is 9.69 Å². The number of hydrogen-bond acceptors (Lipinski definition) is 3. The minimum Gasteiger partial charge on any atom is -0.321 e. The van der Waals surface area contributed by atoms with Gasteiger partial charge in [0.15, 0.2) is 0 Å². The largest absolute Gasteiger partial charge is 0.321 e. The molecule has 2 N–H and O–H groups in total. The fourth-order valence-corrected chi connectivity index (χ4v) is 3.68. The molecule has 3 rings (SSSR count). The standard InChI is InChI=1S/C17H24N2O/c18-17(14-4-2-1-3-5-14)10-6-15(7-11-17)19-12-8-16(20)9-13-19/h1-5,15H,6-13,18H2. The molecule has 0 unspecified atom stereocenters. The van der Waals surface area contributed by atoms with Gasteiger partial charge in [-0.15, -0.1) is 0 Å². The van der Waals surface area contributed by atoms with Gasteiger partial charge in [0.05, 0.1) is 0 Å². The summed E-state index contributed by atoms with van der Waals surface area (Å²) in [5.74, 6) is 0.425. The summed E-state index contributed by atoms with van der Waals surface area (Å²) in [7, 11) is 0. The fourth-order valence-electron chi connectivity index (χ4n) is 3.68. The van der Waals surface area contributed by atoms with Crippen molar-refractivity contribution in [3.8, 4) is 0 Å². The molecular weight excluding hydrogens is 248 g/mol. The lowest BCUT2D eigenvalue weighted by Gasteiger charge is -2.43. The summed E-state index contributed by atoms with van der Waals surface area (Å²) in [5.41, 5.74) is 7.74. The maximum Gasteiger partial charge on any atom is 0.135 e. The number of rotatable bonds is 2. The smallest absolute Gasteiger partial charge is 0.135 e. The van der Waals surface area contributed by atoms with Gasteiger partial charge < -0.3 is 5.73 Å². The Morgan fingerprint density at radius 3 is 2.25 bits per heavy atom. The van der Waals surface area contributed by atoms with E-state index >= 15 is 0 Å². The highest BCUT2D eigenvalue weighted by Crippen LogP contribution is 2.36. The highest BCUT2D eigenvalue weighted by molar-refractivity contribution is 5.79. The molecule has 0 atom stereocenters. The number of Topliss-reactive ketones (excluding diaryl/α,β-unsaturated/α-hetero) is 1. The lowest BCUT2D eigenvalue weighted by molar-refractivity contribution is -0.122. The van der Waals surface area contributed by atoms with Gasteiger partial charge in [0.1, 0.15) is 5.78 Å². The van der Waals surface area contributed by atoms with E-state index in [1.54, 1.807) is 0 Å². The molecule has 3 nitrogen and oxygen atoms in total. The van der Waals surface area contributed by atoms with E-state index in [2.05, 4.69) is 29.2 Å². The summed E-state index contributed by atoms with van der Waals surface area (Å²) in [5, 5.41) is 0. The van der Waals surface area contributed by atoms with Crippen LogP contribution >= 0.6 is 0 Å². The summed E-state index contributed by atoms with van der Waals surface area (Å²) in [6, 6.07) is 11.1. The zero-order chi connectivity index (χ0) is 14.0. The topological polar surface area (TPSA) is 46.3 Å². The van der Waals surface area contributed by atoms with Crippen molar-refractivity contribution in [1.29, 1.82) is 0 Å². The third-order valence-electron chi connectivity index (χ3n) is 5.07. The van der Waals surface area contributed by atoms with E-state index in [9.17, 15) is 4.79 Å². The van der Waals surface area contributed by atoms with E-state index in [4.69, 9.17) is 5.73 Å². The molecule has 2 aliphatic rings. The zero-order valence-corrected chi connectivity index (χ0v) is 12.1.